The van der Waals surface area contributed by atoms with Crippen LogP contribution >= 0.6 is 0 Å². The summed E-state index contributed by atoms with van der Waals surface area (Å²) in [5.41, 5.74) is 0. The molecular weight excluding hydrogens is 338 g/mol. The van der Waals surface area contributed by atoms with E-state index < -0.39 is 5.97 Å². The Balaban J connectivity index is 1.74. The maximum atomic E-state index is 11.9. The van der Waals surface area contributed by atoms with Gasteiger partial charge in [-0.15, -0.1) is 0 Å². The van der Waals surface area contributed by atoms with Gasteiger partial charge in [-0.05, 0) is 31.6 Å². The summed E-state index contributed by atoms with van der Waals surface area (Å²) in [5, 5.41) is 11.7. The summed E-state index contributed by atoms with van der Waals surface area (Å²) in [6.45, 7) is 0.901. The molecule has 4 nitrogen and oxygen atoms in total. The zero-order valence-electron chi connectivity index (χ0n) is 17.5. The van der Waals surface area contributed by atoms with Gasteiger partial charge in [0.1, 0.15) is 0 Å². The topological polar surface area (TPSA) is 66.4 Å². The molecule has 1 saturated carbocycles. The maximum Gasteiger partial charge on any atom is 0.303 e. The van der Waals surface area contributed by atoms with Crippen molar-refractivity contribution < 1.29 is 14.7 Å². The van der Waals surface area contributed by atoms with Crippen LogP contribution in [-0.2, 0) is 9.59 Å². The Bertz CT molecular complexity index is 378. The summed E-state index contributed by atoms with van der Waals surface area (Å²) in [6, 6.07) is 0. The van der Waals surface area contributed by atoms with Crippen LogP contribution in [0.2, 0.25) is 0 Å². The van der Waals surface area contributed by atoms with Crippen LogP contribution in [-0.4, -0.2) is 23.5 Å². The van der Waals surface area contributed by atoms with Crippen LogP contribution in [0.3, 0.4) is 0 Å². The molecule has 1 aliphatic rings. The minimum absolute atomic E-state index is 0.254. The van der Waals surface area contributed by atoms with Crippen molar-refractivity contribution >= 4 is 11.9 Å². The van der Waals surface area contributed by atoms with Crippen LogP contribution in [0.5, 0.6) is 0 Å². The summed E-state index contributed by atoms with van der Waals surface area (Å²) >= 11 is 0. The van der Waals surface area contributed by atoms with E-state index in [1.807, 2.05) is 0 Å². The molecule has 0 aromatic heterocycles. The van der Waals surface area contributed by atoms with E-state index in [0.717, 1.165) is 31.7 Å². The maximum absolute atomic E-state index is 11.9. The Morgan fingerprint density at radius 2 is 1.11 bits per heavy atom. The molecule has 1 aliphatic carbocycles. The molecule has 0 aromatic carbocycles. The van der Waals surface area contributed by atoms with Crippen molar-refractivity contribution in [3.8, 4) is 0 Å². The predicted octanol–water partition coefficient (Wildman–Crippen LogP) is 6.23. The first kappa shape index (κ1) is 24.0. The summed E-state index contributed by atoms with van der Waals surface area (Å²) in [7, 11) is 0. The molecule has 1 fully saturated rings. The zero-order valence-corrected chi connectivity index (χ0v) is 17.5. The fraction of sp³-hybridized carbons (Fsp3) is 0.913. The molecule has 0 saturated heterocycles. The predicted molar refractivity (Wildman–Crippen MR) is 112 cm³/mol. The lowest BCUT2D eigenvalue weighted by Gasteiger charge is -2.21. The highest BCUT2D eigenvalue weighted by atomic mass is 16.4. The number of nitrogens with one attached hydrogen (secondary N) is 1. The van der Waals surface area contributed by atoms with Gasteiger partial charge in [0.2, 0.25) is 5.91 Å². The second kappa shape index (κ2) is 17.1. The van der Waals surface area contributed by atoms with Crippen molar-refractivity contribution in [2.75, 3.05) is 6.54 Å². The molecule has 2 N–H and O–H groups in total. The number of hydrogen-bond acceptors (Lipinski definition) is 2. The molecule has 1 amide bonds. The minimum atomic E-state index is -0.671. The lowest BCUT2D eigenvalue weighted by molar-refractivity contribution is -0.137. The summed E-state index contributed by atoms with van der Waals surface area (Å²) in [6.07, 6.45) is 22.0. The molecule has 0 heterocycles. The van der Waals surface area contributed by atoms with Gasteiger partial charge >= 0.3 is 5.97 Å². The van der Waals surface area contributed by atoms with Crippen LogP contribution in [0, 0.1) is 5.92 Å². The molecule has 0 aliphatic heterocycles. The third kappa shape index (κ3) is 15.7. The van der Waals surface area contributed by atoms with Crippen molar-refractivity contribution in [3.63, 3.8) is 0 Å². The summed E-state index contributed by atoms with van der Waals surface area (Å²) in [4.78, 5) is 22.3. The molecular formula is C23H43NO3. The second-order valence-electron chi connectivity index (χ2n) is 8.44. The fourth-order valence-corrected chi connectivity index (χ4v) is 4.07. The fourth-order valence-electron chi connectivity index (χ4n) is 4.07. The number of carboxylic acid groups (broad SMARTS) is 1. The number of carbonyl (C=O) groups excluding carboxylic acids is 1. The SMILES string of the molecule is O=C(O)CCCCCCCCCCCCCCC(=O)NCC1CCCCC1. The molecule has 0 radical (unpaired) electrons. The van der Waals surface area contributed by atoms with E-state index in [1.54, 1.807) is 0 Å². The van der Waals surface area contributed by atoms with Crippen LogP contribution in [0.4, 0.5) is 0 Å². The normalized spacial score (nSPS) is 15.0. The Morgan fingerprint density at radius 1 is 0.667 bits per heavy atom. The molecule has 0 bridgehead atoms. The molecule has 0 aromatic rings. The lowest BCUT2D eigenvalue weighted by atomic mass is 9.89. The van der Waals surface area contributed by atoms with Gasteiger partial charge in [0.25, 0.3) is 0 Å². The number of unbranched alkanes of at least 4 members (excludes halogenated alkanes) is 11. The average Bonchev–Trinajstić information content (AvgIpc) is 2.67. The molecule has 0 atom stereocenters. The highest BCUT2D eigenvalue weighted by Gasteiger charge is 2.13. The monoisotopic (exact) mass is 381 g/mol. The first-order chi connectivity index (χ1) is 13.2. The summed E-state index contributed by atoms with van der Waals surface area (Å²) < 4.78 is 0. The Morgan fingerprint density at radius 3 is 1.59 bits per heavy atom. The van der Waals surface area contributed by atoms with Gasteiger partial charge in [-0.25, -0.2) is 0 Å². The highest BCUT2D eigenvalue weighted by molar-refractivity contribution is 5.75. The molecule has 0 spiro atoms. The van der Waals surface area contributed by atoms with E-state index in [9.17, 15) is 9.59 Å². The van der Waals surface area contributed by atoms with E-state index in [2.05, 4.69) is 5.32 Å². The Kier molecular flexibility index (Phi) is 15.2. The lowest BCUT2D eigenvalue weighted by Crippen LogP contribution is -2.29. The van der Waals surface area contributed by atoms with Gasteiger partial charge in [0, 0.05) is 19.4 Å². The van der Waals surface area contributed by atoms with Crippen molar-refractivity contribution in [2.24, 2.45) is 5.92 Å². The Labute approximate surface area is 166 Å². The second-order valence-corrected chi connectivity index (χ2v) is 8.44. The number of hydrogen-bond donors (Lipinski definition) is 2. The number of carboxylic acids is 1. The van der Waals surface area contributed by atoms with E-state index in [4.69, 9.17) is 5.11 Å². The van der Waals surface area contributed by atoms with Crippen LogP contribution < -0.4 is 5.32 Å². The number of aliphatic carboxylic acids is 1. The standard InChI is InChI=1S/C23H43NO3/c25-22(24-20-21-16-12-11-13-17-21)18-14-9-7-5-3-1-2-4-6-8-10-15-19-23(26)27/h21H,1-20H2,(H,24,25)(H,26,27). The molecule has 0 unspecified atom stereocenters. The van der Waals surface area contributed by atoms with Crippen molar-refractivity contribution in [1.29, 1.82) is 0 Å². The third-order valence-corrected chi connectivity index (χ3v) is 5.86. The molecule has 27 heavy (non-hydrogen) atoms. The van der Waals surface area contributed by atoms with Crippen molar-refractivity contribution in [1.82, 2.24) is 5.32 Å². The van der Waals surface area contributed by atoms with Crippen molar-refractivity contribution in [3.05, 3.63) is 0 Å². The van der Waals surface area contributed by atoms with Gasteiger partial charge in [-0.3, -0.25) is 9.59 Å². The first-order valence-electron chi connectivity index (χ1n) is 11.7. The third-order valence-electron chi connectivity index (χ3n) is 5.86. The van der Waals surface area contributed by atoms with Crippen LogP contribution in [0.1, 0.15) is 122 Å². The van der Waals surface area contributed by atoms with Crippen LogP contribution in [0.25, 0.3) is 0 Å². The average molecular weight is 382 g/mol. The number of amides is 1. The van der Waals surface area contributed by atoms with E-state index in [1.165, 1.54) is 89.9 Å². The minimum Gasteiger partial charge on any atom is -0.481 e. The number of carbonyl (C=O) groups is 2. The smallest absolute Gasteiger partial charge is 0.303 e. The van der Waals surface area contributed by atoms with E-state index >= 15 is 0 Å². The van der Waals surface area contributed by atoms with Crippen molar-refractivity contribution in [2.45, 2.75) is 122 Å². The molecule has 158 valence electrons. The van der Waals surface area contributed by atoms with Gasteiger partial charge in [0.05, 0.1) is 0 Å². The van der Waals surface area contributed by atoms with Gasteiger partial charge in [0.15, 0.2) is 0 Å². The quantitative estimate of drug-likeness (QED) is 0.293. The molecule has 4 heteroatoms. The van der Waals surface area contributed by atoms with E-state index in [-0.39, 0.29) is 5.91 Å². The Hall–Kier alpha value is -1.06. The summed E-state index contributed by atoms with van der Waals surface area (Å²) in [5.74, 6) is 0.312. The van der Waals surface area contributed by atoms with Gasteiger partial charge in [-0.2, -0.15) is 0 Å². The van der Waals surface area contributed by atoms with Gasteiger partial charge in [-0.1, -0.05) is 83.5 Å². The van der Waals surface area contributed by atoms with Crippen LogP contribution in [0.15, 0.2) is 0 Å². The first-order valence-corrected chi connectivity index (χ1v) is 11.7. The number of rotatable bonds is 17. The highest BCUT2D eigenvalue weighted by Crippen LogP contribution is 2.22. The largest absolute Gasteiger partial charge is 0.481 e. The van der Waals surface area contributed by atoms with E-state index in [0.29, 0.717) is 12.8 Å². The molecule has 1 rings (SSSR count). The zero-order chi connectivity index (χ0) is 19.6. The van der Waals surface area contributed by atoms with Gasteiger partial charge < -0.3 is 10.4 Å².